The maximum atomic E-state index is 12.0. The lowest BCUT2D eigenvalue weighted by atomic mass is 10.3. The molecule has 10 heteroatoms. The van der Waals surface area contributed by atoms with Gasteiger partial charge in [-0.3, -0.25) is 14.7 Å². The van der Waals surface area contributed by atoms with Gasteiger partial charge in [-0.2, -0.15) is 0 Å². The Labute approximate surface area is 139 Å². The summed E-state index contributed by atoms with van der Waals surface area (Å²) < 4.78 is 7.87. The Morgan fingerprint density at radius 2 is 2.12 bits per heavy atom. The van der Waals surface area contributed by atoms with Crippen LogP contribution in [0.25, 0.3) is 16.9 Å². The van der Waals surface area contributed by atoms with Crippen LogP contribution in [0, 0.1) is 10.1 Å². The zero-order valence-corrected chi connectivity index (χ0v) is 12.6. The Morgan fingerprint density at radius 3 is 2.96 bits per heavy atom. The first kappa shape index (κ1) is 14.8. The van der Waals surface area contributed by atoms with E-state index < -0.39 is 10.7 Å². The summed E-state index contributed by atoms with van der Waals surface area (Å²) in [5.41, 5.74) is 1.74. The second-order valence-corrected chi connectivity index (χ2v) is 5.21. The Bertz CT molecular complexity index is 1140. The standard InChI is InChI=1S/C15H10N6O4/c22-15-19(14-13(25-15)5-2-6-16-14)8-10-9-20(18-17-10)11-3-1-4-12(7-11)21(23)24/h1-7,9H,8H2. The molecule has 0 radical (unpaired) electrons. The number of non-ortho nitro benzene ring substituents is 1. The lowest BCUT2D eigenvalue weighted by molar-refractivity contribution is -0.384. The summed E-state index contributed by atoms with van der Waals surface area (Å²) in [7, 11) is 0. The van der Waals surface area contributed by atoms with E-state index >= 15 is 0 Å². The third-order valence-electron chi connectivity index (χ3n) is 3.59. The molecule has 124 valence electrons. The normalized spacial score (nSPS) is 11.0. The average Bonchev–Trinajstić information content (AvgIpc) is 3.21. The van der Waals surface area contributed by atoms with Crippen LogP contribution in [-0.2, 0) is 6.54 Å². The summed E-state index contributed by atoms with van der Waals surface area (Å²) in [6.07, 6.45) is 3.15. The molecule has 3 aromatic heterocycles. The van der Waals surface area contributed by atoms with Gasteiger partial charge in [0, 0.05) is 18.3 Å². The van der Waals surface area contributed by atoms with Gasteiger partial charge in [0.15, 0.2) is 11.2 Å². The van der Waals surface area contributed by atoms with Crippen LogP contribution in [0.1, 0.15) is 5.69 Å². The number of hydrogen-bond donors (Lipinski definition) is 0. The van der Waals surface area contributed by atoms with Crippen molar-refractivity contribution in [1.82, 2.24) is 24.5 Å². The van der Waals surface area contributed by atoms with E-state index in [9.17, 15) is 14.9 Å². The zero-order chi connectivity index (χ0) is 17.4. The molecule has 4 rings (SSSR count). The predicted octanol–water partition coefficient (Wildman–Crippen LogP) is 1.53. The number of aromatic nitrogens is 5. The van der Waals surface area contributed by atoms with Crippen molar-refractivity contribution in [2.45, 2.75) is 6.54 Å². The lowest BCUT2D eigenvalue weighted by Gasteiger charge is -1.99. The molecule has 0 saturated carbocycles. The van der Waals surface area contributed by atoms with Crippen LogP contribution >= 0.6 is 0 Å². The molecule has 0 aliphatic rings. The number of fused-ring (bicyclic) bond motifs is 1. The van der Waals surface area contributed by atoms with Crippen molar-refractivity contribution in [1.29, 1.82) is 0 Å². The number of nitrogens with zero attached hydrogens (tertiary/aromatic N) is 6. The second kappa shape index (κ2) is 5.67. The van der Waals surface area contributed by atoms with Gasteiger partial charge in [-0.15, -0.1) is 5.10 Å². The van der Waals surface area contributed by atoms with Crippen LogP contribution in [0.15, 0.2) is 58.0 Å². The molecule has 3 heterocycles. The van der Waals surface area contributed by atoms with E-state index in [0.29, 0.717) is 22.6 Å². The number of oxazole rings is 1. The van der Waals surface area contributed by atoms with Gasteiger partial charge in [-0.1, -0.05) is 11.3 Å². The molecule has 0 bridgehead atoms. The minimum atomic E-state index is -0.543. The minimum absolute atomic E-state index is 0.0456. The van der Waals surface area contributed by atoms with E-state index in [-0.39, 0.29) is 12.2 Å². The van der Waals surface area contributed by atoms with Gasteiger partial charge in [0.25, 0.3) is 5.69 Å². The van der Waals surface area contributed by atoms with E-state index in [1.54, 1.807) is 36.7 Å². The summed E-state index contributed by atoms with van der Waals surface area (Å²) in [5.74, 6) is -0.543. The summed E-state index contributed by atoms with van der Waals surface area (Å²) in [5, 5.41) is 18.8. The molecule has 4 aromatic rings. The van der Waals surface area contributed by atoms with E-state index in [2.05, 4.69) is 15.3 Å². The van der Waals surface area contributed by atoms with Crippen LogP contribution in [0.2, 0.25) is 0 Å². The van der Waals surface area contributed by atoms with Crippen molar-refractivity contribution < 1.29 is 9.34 Å². The molecule has 0 spiro atoms. The summed E-state index contributed by atoms with van der Waals surface area (Å²) in [6, 6.07) is 9.34. The van der Waals surface area contributed by atoms with Crippen LogP contribution in [0.5, 0.6) is 0 Å². The van der Waals surface area contributed by atoms with Crippen molar-refractivity contribution in [2.75, 3.05) is 0 Å². The quantitative estimate of drug-likeness (QED) is 0.408. The van der Waals surface area contributed by atoms with E-state index in [4.69, 9.17) is 4.42 Å². The Balaban J connectivity index is 1.68. The van der Waals surface area contributed by atoms with Gasteiger partial charge in [0.2, 0.25) is 0 Å². The number of rotatable bonds is 4. The third-order valence-corrected chi connectivity index (χ3v) is 3.59. The van der Waals surface area contributed by atoms with Crippen molar-refractivity contribution in [2.24, 2.45) is 0 Å². The average molecular weight is 338 g/mol. The largest absolute Gasteiger partial charge is 0.421 e. The fourth-order valence-electron chi connectivity index (χ4n) is 2.45. The van der Waals surface area contributed by atoms with Crippen molar-refractivity contribution in [3.8, 4) is 5.69 Å². The number of hydrogen-bond acceptors (Lipinski definition) is 7. The Hall–Kier alpha value is -3.82. The van der Waals surface area contributed by atoms with Crippen LogP contribution in [-0.4, -0.2) is 29.5 Å². The van der Waals surface area contributed by atoms with Gasteiger partial charge in [-0.25, -0.2) is 14.5 Å². The number of benzene rings is 1. The number of nitro groups is 1. The maximum absolute atomic E-state index is 12.0. The van der Waals surface area contributed by atoms with Crippen molar-refractivity contribution in [3.63, 3.8) is 0 Å². The summed E-state index contributed by atoms with van der Waals surface area (Å²) in [6.45, 7) is 0.123. The first-order chi connectivity index (χ1) is 12.1. The van der Waals surface area contributed by atoms with Gasteiger partial charge in [0.05, 0.1) is 23.4 Å². The second-order valence-electron chi connectivity index (χ2n) is 5.21. The molecular formula is C15H10N6O4. The Kier molecular flexibility index (Phi) is 3.35. The molecule has 0 aliphatic heterocycles. The Morgan fingerprint density at radius 1 is 1.24 bits per heavy atom. The van der Waals surface area contributed by atoms with Crippen LogP contribution < -0.4 is 5.76 Å². The zero-order valence-electron chi connectivity index (χ0n) is 12.6. The number of pyridine rings is 1. The molecule has 25 heavy (non-hydrogen) atoms. The fourth-order valence-corrected chi connectivity index (χ4v) is 2.45. The van der Waals surface area contributed by atoms with Crippen molar-refractivity contribution in [3.05, 3.63) is 75.2 Å². The van der Waals surface area contributed by atoms with Gasteiger partial charge in [-0.05, 0) is 18.2 Å². The van der Waals surface area contributed by atoms with Gasteiger partial charge < -0.3 is 4.42 Å². The first-order valence-corrected chi connectivity index (χ1v) is 7.22. The molecule has 1 aromatic carbocycles. The molecule has 0 fully saturated rings. The molecule has 0 aliphatic carbocycles. The van der Waals surface area contributed by atoms with Crippen LogP contribution in [0.4, 0.5) is 5.69 Å². The molecule has 0 amide bonds. The van der Waals surface area contributed by atoms with E-state index in [1.807, 2.05) is 0 Å². The molecule has 0 unspecified atom stereocenters. The monoisotopic (exact) mass is 338 g/mol. The fraction of sp³-hybridized carbons (Fsp3) is 0.0667. The van der Waals surface area contributed by atoms with Gasteiger partial charge in [0.1, 0.15) is 5.69 Å². The number of nitro benzene ring substituents is 1. The summed E-state index contributed by atoms with van der Waals surface area (Å²) >= 11 is 0. The van der Waals surface area contributed by atoms with E-state index in [1.165, 1.54) is 21.4 Å². The van der Waals surface area contributed by atoms with Gasteiger partial charge >= 0.3 is 5.76 Å². The highest BCUT2D eigenvalue weighted by atomic mass is 16.6. The van der Waals surface area contributed by atoms with E-state index in [0.717, 1.165) is 0 Å². The molecule has 0 atom stereocenters. The molecular weight excluding hydrogens is 328 g/mol. The highest BCUT2D eigenvalue weighted by Crippen LogP contribution is 2.16. The highest BCUT2D eigenvalue weighted by molar-refractivity contribution is 5.67. The third kappa shape index (κ3) is 2.65. The lowest BCUT2D eigenvalue weighted by Crippen LogP contribution is -2.15. The first-order valence-electron chi connectivity index (χ1n) is 7.22. The topological polar surface area (TPSA) is 122 Å². The van der Waals surface area contributed by atoms with Crippen LogP contribution in [0.3, 0.4) is 0 Å². The highest BCUT2D eigenvalue weighted by Gasteiger charge is 2.13. The predicted molar refractivity (Wildman–Crippen MR) is 85.4 cm³/mol. The SMILES string of the molecule is O=c1oc2cccnc2n1Cc1cn(-c2cccc([N+](=O)[O-])c2)nn1. The smallest absolute Gasteiger partial charge is 0.406 e. The van der Waals surface area contributed by atoms with Crippen molar-refractivity contribution >= 4 is 16.9 Å². The minimum Gasteiger partial charge on any atom is -0.406 e. The molecule has 0 N–H and O–H groups in total. The molecule has 10 nitrogen and oxygen atoms in total. The maximum Gasteiger partial charge on any atom is 0.421 e. The summed E-state index contributed by atoms with van der Waals surface area (Å²) in [4.78, 5) is 26.5. The molecule has 0 saturated heterocycles.